The summed E-state index contributed by atoms with van der Waals surface area (Å²) in [5, 5.41) is 10.9. The zero-order valence-electron chi connectivity index (χ0n) is 11.4. The van der Waals surface area contributed by atoms with Crippen LogP contribution in [-0.2, 0) is 5.88 Å². The quantitative estimate of drug-likeness (QED) is 0.435. The Kier molecular flexibility index (Phi) is 6.45. The number of thioether (sulfide) groups is 1. The summed E-state index contributed by atoms with van der Waals surface area (Å²) in [4.78, 5) is 12.6. The van der Waals surface area contributed by atoms with Gasteiger partial charge < -0.3 is 4.90 Å². The molecule has 0 spiro atoms. The van der Waals surface area contributed by atoms with Crippen molar-refractivity contribution in [1.82, 2.24) is 0 Å². The molecule has 0 amide bonds. The van der Waals surface area contributed by atoms with Crippen molar-refractivity contribution in [2.75, 3.05) is 24.0 Å². The van der Waals surface area contributed by atoms with E-state index in [1.54, 1.807) is 12.1 Å². The molecule has 4 nitrogen and oxygen atoms in total. The summed E-state index contributed by atoms with van der Waals surface area (Å²) in [5.41, 5.74) is 1.62. The maximum atomic E-state index is 10.9. The Hall–Kier alpha value is -0.940. The van der Waals surface area contributed by atoms with Crippen LogP contribution in [0.4, 0.5) is 11.4 Å². The predicted molar refractivity (Wildman–Crippen MR) is 83.5 cm³/mol. The van der Waals surface area contributed by atoms with Crippen LogP contribution >= 0.6 is 23.4 Å². The van der Waals surface area contributed by atoms with E-state index in [1.165, 1.54) is 6.07 Å². The van der Waals surface area contributed by atoms with Gasteiger partial charge in [0.25, 0.3) is 5.69 Å². The van der Waals surface area contributed by atoms with Crippen molar-refractivity contribution < 1.29 is 4.92 Å². The molecule has 0 bridgehead atoms. The molecule has 6 heteroatoms. The van der Waals surface area contributed by atoms with Gasteiger partial charge in [-0.15, -0.1) is 11.6 Å². The highest BCUT2D eigenvalue weighted by Gasteiger charge is 2.16. The van der Waals surface area contributed by atoms with Gasteiger partial charge in [-0.2, -0.15) is 11.8 Å². The molecule has 0 radical (unpaired) electrons. The van der Waals surface area contributed by atoms with E-state index in [-0.39, 0.29) is 11.6 Å². The lowest BCUT2D eigenvalue weighted by Crippen LogP contribution is -2.29. The summed E-state index contributed by atoms with van der Waals surface area (Å²) in [6, 6.07) is 5.51. The Morgan fingerprint density at radius 3 is 2.74 bits per heavy atom. The fourth-order valence-corrected chi connectivity index (χ4v) is 2.60. The van der Waals surface area contributed by atoms with Gasteiger partial charge >= 0.3 is 0 Å². The van der Waals surface area contributed by atoms with Crippen LogP contribution in [0.3, 0.4) is 0 Å². The van der Waals surface area contributed by atoms with Gasteiger partial charge in [0.15, 0.2) is 0 Å². The van der Waals surface area contributed by atoms with E-state index >= 15 is 0 Å². The number of nitro benzene ring substituents is 1. The molecule has 0 heterocycles. The van der Waals surface area contributed by atoms with E-state index in [9.17, 15) is 10.1 Å². The molecule has 1 aromatic rings. The SMILES string of the molecule is CSCCC(C)N(C)c1ccc([N+](=O)[O-])c(CCl)c1. The maximum Gasteiger partial charge on any atom is 0.273 e. The van der Waals surface area contributed by atoms with E-state index in [2.05, 4.69) is 18.1 Å². The molecular formula is C13H19ClN2O2S. The molecule has 0 aromatic heterocycles. The van der Waals surface area contributed by atoms with Crippen LogP contribution in [0.2, 0.25) is 0 Å². The molecule has 19 heavy (non-hydrogen) atoms. The monoisotopic (exact) mass is 302 g/mol. The first-order valence-electron chi connectivity index (χ1n) is 6.06. The lowest BCUT2D eigenvalue weighted by Gasteiger charge is -2.27. The van der Waals surface area contributed by atoms with Gasteiger partial charge in [-0.05, 0) is 37.5 Å². The molecule has 1 unspecified atom stereocenters. The predicted octanol–water partition coefficient (Wildman–Crippen LogP) is 3.91. The lowest BCUT2D eigenvalue weighted by molar-refractivity contribution is -0.385. The number of hydrogen-bond donors (Lipinski definition) is 0. The third-order valence-corrected chi connectivity index (χ3v) is 4.14. The van der Waals surface area contributed by atoms with Crippen molar-refractivity contribution in [1.29, 1.82) is 0 Å². The highest BCUT2D eigenvalue weighted by Crippen LogP contribution is 2.27. The number of rotatable bonds is 7. The summed E-state index contributed by atoms with van der Waals surface area (Å²) in [5.74, 6) is 1.25. The fraction of sp³-hybridized carbons (Fsp3) is 0.538. The third kappa shape index (κ3) is 4.28. The van der Waals surface area contributed by atoms with Crippen LogP contribution < -0.4 is 4.90 Å². The first-order chi connectivity index (χ1) is 9.01. The van der Waals surface area contributed by atoms with Crippen molar-refractivity contribution in [3.63, 3.8) is 0 Å². The molecule has 1 aromatic carbocycles. The van der Waals surface area contributed by atoms with Crippen molar-refractivity contribution in [2.45, 2.75) is 25.3 Å². The minimum absolute atomic E-state index is 0.0870. The standard InChI is InChI=1S/C13H19ClN2O2S/c1-10(6-7-19-3)15(2)12-4-5-13(16(17)18)11(8-12)9-14/h4-5,8,10H,6-7,9H2,1-3H3. The van der Waals surface area contributed by atoms with Crippen molar-refractivity contribution in [2.24, 2.45) is 0 Å². The minimum atomic E-state index is -0.390. The van der Waals surface area contributed by atoms with E-state index in [1.807, 2.05) is 18.8 Å². The first-order valence-corrected chi connectivity index (χ1v) is 7.99. The smallest absolute Gasteiger partial charge is 0.273 e. The molecule has 0 aliphatic rings. The molecule has 106 valence electrons. The largest absolute Gasteiger partial charge is 0.372 e. The van der Waals surface area contributed by atoms with Crippen molar-refractivity contribution in [3.05, 3.63) is 33.9 Å². The van der Waals surface area contributed by atoms with Gasteiger partial charge in [0, 0.05) is 30.4 Å². The number of anilines is 1. The van der Waals surface area contributed by atoms with Gasteiger partial charge in [0.1, 0.15) is 0 Å². The summed E-state index contributed by atoms with van der Waals surface area (Å²) in [7, 11) is 2.00. The Balaban J connectivity index is 2.92. The van der Waals surface area contributed by atoms with Crippen LogP contribution in [0.25, 0.3) is 0 Å². The normalized spacial score (nSPS) is 12.2. The Morgan fingerprint density at radius 1 is 1.53 bits per heavy atom. The van der Waals surface area contributed by atoms with Crippen LogP contribution in [0, 0.1) is 10.1 Å². The number of halogens is 1. The van der Waals surface area contributed by atoms with Crippen molar-refractivity contribution >= 4 is 34.7 Å². The average Bonchev–Trinajstić information content (AvgIpc) is 2.42. The van der Waals surface area contributed by atoms with E-state index < -0.39 is 4.92 Å². The number of nitro groups is 1. The Labute approximate surface area is 123 Å². The van der Waals surface area contributed by atoms with Crippen LogP contribution in [0.1, 0.15) is 18.9 Å². The van der Waals surface area contributed by atoms with Crippen molar-refractivity contribution in [3.8, 4) is 0 Å². The van der Waals surface area contributed by atoms with E-state index in [0.717, 1.165) is 17.9 Å². The molecule has 0 N–H and O–H groups in total. The summed E-state index contributed by atoms with van der Waals surface area (Å²) < 4.78 is 0. The number of hydrogen-bond acceptors (Lipinski definition) is 4. The van der Waals surface area contributed by atoms with Crippen LogP contribution in [-0.4, -0.2) is 30.0 Å². The summed E-state index contributed by atoms with van der Waals surface area (Å²) in [6.07, 6.45) is 3.16. The minimum Gasteiger partial charge on any atom is -0.372 e. The Bertz CT molecular complexity index is 443. The maximum absolute atomic E-state index is 10.9. The zero-order chi connectivity index (χ0) is 14.4. The third-order valence-electron chi connectivity index (χ3n) is 3.21. The number of benzene rings is 1. The molecule has 0 aliphatic heterocycles. The zero-order valence-corrected chi connectivity index (χ0v) is 13.0. The second-order valence-corrected chi connectivity index (χ2v) is 5.70. The van der Waals surface area contributed by atoms with Gasteiger partial charge in [-0.3, -0.25) is 10.1 Å². The highest BCUT2D eigenvalue weighted by atomic mass is 35.5. The molecule has 0 saturated heterocycles. The van der Waals surface area contributed by atoms with Gasteiger partial charge in [-0.25, -0.2) is 0 Å². The van der Waals surface area contributed by atoms with E-state index in [0.29, 0.717) is 11.6 Å². The topological polar surface area (TPSA) is 46.4 Å². The second kappa shape index (κ2) is 7.60. The first kappa shape index (κ1) is 16.1. The molecule has 1 rings (SSSR count). The Morgan fingerprint density at radius 2 is 2.21 bits per heavy atom. The molecule has 1 atom stereocenters. The molecular weight excluding hydrogens is 284 g/mol. The van der Waals surface area contributed by atoms with Crippen LogP contribution in [0.5, 0.6) is 0 Å². The average molecular weight is 303 g/mol. The number of alkyl halides is 1. The summed E-state index contributed by atoms with van der Waals surface area (Å²) in [6.45, 7) is 2.15. The second-order valence-electron chi connectivity index (χ2n) is 4.45. The van der Waals surface area contributed by atoms with Gasteiger partial charge in [0.2, 0.25) is 0 Å². The number of nitrogens with zero attached hydrogens (tertiary/aromatic N) is 2. The van der Waals surface area contributed by atoms with Gasteiger partial charge in [-0.1, -0.05) is 0 Å². The lowest BCUT2D eigenvalue weighted by atomic mass is 10.1. The fourth-order valence-electron chi connectivity index (χ4n) is 1.81. The summed E-state index contributed by atoms with van der Waals surface area (Å²) >= 11 is 7.61. The molecule has 0 fully saturated rings. The highest BCUT2D eigenvalue weighted by molar-refractivity contribution is 7.98. The van der Waals surface area contributed by atoms with E-state index in [4.69, 9.17) is 11.6 Å². The van der Waals surface area contributed by atoms with Crippen LogP contribution in [0.15, 0.2) is 18.2 Å². The van der Waals surface area contributed by atoms with Gasteiger partial charge in [0.05, 0.1) is 10.8 Å². The molecule has 0 saturated carbocycles. The molecule has 0 aliphatic carbocycles.